The third-order valence-corrected chi connectivity index (χ3v) is 4.58. The van der Waals surface area contributed by atoms with E-state index in [2.05, 4.69) is 29.5 Å². The first-order valence-electron chi connectivity index (χ1n) is 8.73. The molecular weight excluding hydrogens is 353 g/mol. The Morgan fingerprint density at radius 3 is 2.46 bits per heavy atom. The third kappa shape index (κ3) is 4.80. The molecule has 1 fully saturated rings. The van der Waals surface area contributed by atoms with E-state index in [9.17, 15) is 9.18 Å². The molecule has 2 heterocycles. The number of aromatic nitrogens is 1. The van der Waals surface area contributed by atoms with E-state index < -0.39 is 12.2 Å². The molecule has 26 heavy (non-hydrogen) atoms. The van der Waals surface area contributed by atoms with Crippen molar-refractivity contribution in [2.45, 2.75) is 44.4 Å². The molecular formula is C20H25ClFN3O. The first-order valence-corrected chi connectivity index (χ1v) is 8.73. The van der Waals surface area contributed by atoms with Crippen molar-refractivity contribution in [1.29, 1.82) is 0 Å². The molecule has 1 aliphatic rings. The van der Waals surface area contributed by atoms with Crippen LogP contribution in [0.3, 0.4) is 0 Å². The van der Waals surface area contributed by atoms with Crippen molar-refractivity contribution in [1.82, 2.24) is 15.6 Å². The zero-order chi connectivity index (χ0) is 17.8. The van der Waals surface area contributed by atoms with Gasteiger partial charge in [-0.05, 0) is 23.1 Å². The van der Waals surface area contributed by atoms with Gasteiger partial charge in [0.15, 0.2) is 0 Å². The van der Waals surface area contributed by atoms with Gasteiger partial charge in [-0.1, -0.05) is 50.2 Å². The Morgan fingerprint density at radius 2 is 1.92 bits per heavy atom. The van der Waals surface area contributed by atoms with Crippen LogP contribution in [0.5, 0.6) is 0 Å². The van der Waals surface area contributed by atoms with Crippen LogP contribution in [-0.4, -0.2) is 29.6 Å². The summed E-state index contributed by atoms with van der Waals surface area (Å²) in [5.74, 6) is 0.208. The van der Waals surface area contributed by atoms with E-state index in [1.54, 1.807) is 0 Å². The predicted molar refractivity (Wildman–Crippen MR) is 103 cm³/mol. The van der Waals surface area contributed by atoms with Gasteiger partial charge in [-0.25, -0.2) is 4.39 Å². The fourth-order valence-corrected chi connectivity index (χ4v) is 3.04. The second-order valence-corrected chi connectivity index (χ2v) is 6.82. The number of nitrogens with zero attached hydrogens (tertiary/aromatic N) is 1. The number of amides is 1. The van der Waals surface area contributed by atoms with Crippen LogP contribution in [0.15, 0.2) is 48.7 Å². The highest BCUT2D eigenvalue weighted by atomic mass is 35.5. The topological polar surface area (TPSA) is 54.0 Å². The smallest absolute Gasteiger partial charge is 0.238 e. The van der Waals surface area contributed by atoms with Gasteiger partial charge in [-0.2, -0.15) is 0 Å². The van der Waals surface area contributed by atoms with Crippen molar-refractivity contribution >= 4 is 18.3 Å². The predicted octanol–water partition coefficient (Wildman–Crippen LogP) is 3.53. The van der Waals surface area contributed by atoms with Crippen LogP contribution >= 0.6 is 12.4 Å². The maximum absolute atomic E-state index is 13.4. The lowest BCUT2D eigenvalue weighted by Gasteiger charge is -2.21. The van der Waals surface area contributed by atoms with Crippen molar-refractivity contribution in [3.05, 3.63) is 65.5 Å². The van der Waals surface area contributed by atoms with Crippen molar-refractivity contribution in [2.24, 2.45) is 0 Å². The zero-order valence-electron chi connectivity index (χ0n) is 15.0. The summed E-state index contributed by atoms with van der Waals surface area (Å²) in [6.07, 6.45) is 1.11. The minimum absolute atomic E-state index is 0. The average molecular weight is 378 g/mol. The second-order valence-electron chi connectivity index (χ2n) is 6.82. The van der Waals surface area contributed by atoms with Crippen LogP contribution in [0.25, 0.3) is 0 Å². The minimum Gasteiger partial charge on any atom is -0.342 e. The SMILES string of the molecule is CC(C)c1ccc([C@@H](NC(=O)C2CC(F)CN2)c2ccccc2)nc1.Cl. The lowest BCUT2D eigenvalue weighted by Crippen LogP contribution is -2.42. The van der Waals surface area contributed by atoms with E-state index in [0.29, 0.717) is 5.92 Å². The molecule has 0 aliphatic carbocycles. The second kappa shape index (κ2) is 9.10. The average Bonchev–Trinajstić information content (AvgIpc) is 3.07. The van der Waals surface area contributed by atoms with Crippen molar-refractivity contribution in [2.75, 3.05) is 6.54 Å². The number of nitrogens with one attached hydrogen (secondary N) is 2. The highest BCUT2D eigenvalue weighted by Crippen LogP contribution is 2.23. The maximum atomic E-state index is 13.4. The number of pyridine rings is 1. The first-order chi connectivity index (χ1) is 12.0. The molecule has 140 valence electrons. The monoisotopic (exact) mass is 377 g/mol. The molecule has 3 rings (SSSR count). The molecule has 0 spiro atoms. The van der Waals surface area contributed by atoms with Gasteiger partial charge in [0.05, 0.1) is 17.8 Å². The number of carbonyl (C=O) groups is 1. The third-order valence-electron chi connectivity index (χ3n) is 4.58. The quantitative estimate of drug-likeness (QED) is 0.838. The molecule has 4 nitrogen and oxygen atoms in total. The Bertz CT molecular complexity index is 709. The first kappa shape index (κ1) is 20.3. The Kier molecular flexibility index (Phi) is 7.12. The fourth-order valence-electron chi connectivity index (χ4n) is 3.04. The highest BCUT2D eigenvalue weighted by molar-refractivity contribution is 5.85. The van der Waals surface area contributed by atoms with Crippen molar-refractivity contribution < 1.29 is 9.18 Å². The van der Waals surface area contributed by atoms with Gasteiger partial charge >= 0.3 is 0 Å². The number of rotatable bonds is 5. The van der Waals surface area contributed by atoms with Gasteiger partial charge in [0.2, 0.25) is 5.91 Å². The Balaban J connectivity index is 0.00000243. The molecule has 2 unspecified atom stereocenters. The maximum Gasteiger partial charge on any atom is 0.238 e. The summed E-state index contributed by atoms with van der Waals surface area (Å²) in [6.45, 7) is 4.47. The summed E-state index contributed by atoms with van der Waals surface area (Å²) in [4.78, 5) is 17.1. The molecule has 1 aromatic heterocycles. The Morgan fingerprint density at radius 1 is 1.19 bits per heavy atom. The van der Waals surface area contributed by atoms with Crippen LogP contribution in [0.2, 0.25) is 0 Å². The van der Waals surface area contributed by atoms with Gasteiger partial charge < -0.3 is 10.6 Å². The molecule has 3 atom stereocenters. The van der Waals surface area contributed by atoms with E-state index in [1.807, 2.05) is 48.7 Å². The summed E-state index contributed by atoms with van der Waals surface area (Å²) < 4.78 is 13.4. The van der Waals surface area contributed by atoms with E-state index in [1.165, 1.54) is 0 Å². The highest BCUT2D eigenvalue weighted by Gasteiger charge is 2.31. The van der Waals surface area contributed by atoms with Gasteiger partial charge in [0, 0.05) is 19.2 Å². The van der Waals surface area contributed by atoms with Gasteiger partial charge in [0.25, 0.3) is 0 Å². The molecule has 0 saturated carbocycles. The summed E-state index contributed by atoms with van der Waals surface area (Å²) in [5, 5.41) is 5.96. The molecule has 1 amide bonds. The number of benzene rings is 1. The molecule has 2 aromatic rings. The number of alkyl halides is 1. The molecule has 1 aliphatic heterocycles. The summed E-state index contributed by atoms with van der Waals surface area (Å²) in [6, 6.07) is 12.9. The van der Waals surface area contributed by atoms with Crippen LogP contribution in [-0.2, 0) is 4.79 Å². The zero-order valence-corrected chi connectivity index (χ0v) is 15.8. The van der Waals surface area contributed by atoms with E-state index >= 15 is 0 Å². The molecule has 1 saturated heterocycles. The van der Waals surface area contributed by atoms with Gasteiger partial charge in [-0.3, -0.25) is 9.78 Å². The number of hydrogen-bond donors (Lipinski definition) is 2. The largest absolute Gasteiger partial charge is 0.342 e. The van der Waals surface area contributed by atoms with Crippen LogP contribution in [0.4, 0.5) is 4.39 Å². The van der Waals surface area contributed by atoms with Crippen LogP contribution in [0.1, 0.15) is 49.0 Å². The van der Waals surface area contributed by atoms with Gasteiger partial charge in [0.1, 0.15) is 6.17 Å². The molecule has 6 heteroatoms. The number of hydrogen-bond acceptors (Lipinski definition) is 3. The van der Waals surface area contributed by atoms with Crippen molar-refractivity contribution in [3.63, 3.8) is 0 Å². The molecule has 2 N–H and O–H groups in total. The lowest BCUT2D eigenvalue weighted by atomic mass is 10.00. The van der Waals surface area contributed by atoms with E-state index in [4.69, 9.17) is 0 Å². The summed E-state index contributed by atoms with van der Waals surface area (Å²) >= 11 is 0. The Labute approximate surface area is 160 Å². The fraction of sp³-hybridized carbons (Fsp3) is 0.400. The van der Waals surface area contributed by atoms with E-state index in [0.717, 1.165) is 16.8 Å². The van der Waals surface area contributed by atoms with Gasteiger partial charge in [-0.15, -0.1) is 12.4 Å². The molecule has 1 aromatic carbocycles. The molecule has 0 radical (unpaired) electrons. The van der Waals surface area contributed by atoms with Crippen LogP contribution < -0.4 is 10.6 Å². The Hall–Kier alpha value is -1.98. The van der Waals surface area contributed by atoms with Crippen molar-refractivity contribution in [3.8, 4) is 0 Å². The van der Waals surface area contributed by atoms with Crippen LogP contribution in [0, 0.1) is 0 Å². The summed E-state index contributed by atoms with van der Waals surface area (Å²) in [5.41, 5.74) is 2.88. The minimum atomic E-state index is -0.964. The normalized spacial score (nSPS) is 20.5. The molecule has 0 bridgehead atoms. The summed E-state index contributed by atoms with van der Waals surface area (Å²) in [7, 11) is 0. The van der Waals surface area contributed by atoms with E-state index in [-0.39, 0.29) is 37.3 Å². The number of carbonyl (C=O) groups excluding carboxylic acids is 1. The standard InChI is InChI=1S/C20H24FN3O.ClH/c1-13(2)15-8-9-17(22-11-15)19(14-6-4-3-5-7-14)24-20(25)18-10-16(21)12-23-18;/h3-9,11,13,16,18-19,23H,10,12H2,1-2H3,(H,24,25);1H/t16?,18?,19-;/m0./s1. The number of halogens is 2. The lowest BCUT2D eigenvalue weighted by molar-refractivity contribution is -0.123.